The van der Waals surface area contributed by atoms with Crippen molar-refractivity contribution in [3.63, 3.8) is 0 Å². The summed E-state index contributed by atoms with van der Waals surface area (Å²) in [5, 5.41) is 0. The molecule has 93 heavy (non-hydrogen) atoms. The molecule has 2 unspecified atom stereocenters. The van der Waals surface area contributed by atoms with Gasteiger partial charge in [0.05, 0.1) is 0 Å². The minimum absolute atomic E-state index is 0.0292. The summed E-state index contributed by atoms with van der Waals surface area (Å²) in [5.74, 6) is 0. The lowest BCUT2D eigenvalue weighted by atomic mass is 9.63. The van der Waals surface area contributed by atoms with Gasteiger partial charge in [0.2, 0.25) is 0 Å². The number of unbranched alkanes of at least 4 members (excludes halogenated alkanes) is 6. The van der Waals surface area contributed by atoms with Gasteiger partial charge >= 0.3 is 0 Å². The molecule has 0 amide bonds. The maximum atomic E-state index is 2.71. The highest BCUT2D eigenvalue weighted by Gasteiger charge is 2.55. The third-order valence-electron chi connectivity index (χ3n) is 24.1. The van der Waals surface area contributed by atoms with E-state index in [1.165, 1.54) is 239 Å². The molecule has 0 spiro atoms. The van der Waals surface area contributed by atoms with Crippen LogP contribution < -0.4 is 0 Å². The molecule has 8 aromatic carbocycles. The van der Waals surface area contributed by atoms with Crippen molar-refractivity contribution in [1.29, 1.82) is 0 Å². The van der Waals surface area contributed by atoms with E-state index in [0.29, 0.717) is 0 Å². The van der Waals surface area contributed by atoms with Gasteiger partial charge in [-0.05, 0) is 241 Å². The molecule has 15 rings (SSSR count). The highest BCUT2D eigenvalue weighted by molar-refractivity contribution is 7.25. The minimum Gasteiger partial charge on any atom is -0.134 e. The molecule has 0 N–H and O–H groups in total. The smallest absolute Gasteiger partial charge is 0.0449 e. The predicted octanol–water partition coefficient (Wildman–Crippen LogP) is 28.0. The van der Waals surface area contributed by atoms with E-state index < -0.39 is 0 Å². The zero-order valence-corrected chi connectivity index (χ0v) is 58.8. The first-order valence-electron chi connectivity index (χ1n) is 36.8. The SMILES string of the molecule is CCCCC1(CCCC)c2cc(-c3ccccc3)ccc2-c2ccc3c(c21)C(CCCC)(CCCC)c1cc(-c2ccc(-c4ccc(-c5ccc6c(c5)C5(CCCC)CCC(C)(C)CCC7(CCCC)c8cc(-c9ccccc9)ccc8-c8ccc-6c5c87)s4)s2)ccc1-3. The zero-order chi connectivity index (χ0) is 63.7. The van der Waals surface area contributed by atoms with Gasteiger partial charge in [-0.25, -0.2) is 0 Å². The van der Waals surface area contributed by atoms with Crippen molar-refractivity contribution < 1.29 is 0 Å². The molecule has 2 heteroatoms. The summed E-state index contributed by atoms with van der Waals surface area (Å²) in [6, 6.07) is 73.1. The molecular formula is C91H98S2. The van der Waals surface area contributed by atoms with Crippen LogP contribution in [-0.4, -0.2) is 0 Å². The molecule has 474 valence electrons. The number of hydrogen-bond acceptors (Lipinski definition) is 2. The Morgan fingerprint density at radius 3 is 0.957 bits per heavy atom. The summed E-state index contributed by atoms with van der Waals surface area (Å²) >= 11 is 4.00. The topological polar surface area (TPSA) is 0 Å². The van der Waals surface area contributed by atoms with Gasteiger partial charge in [-0.2, -0.15) is 0 Å². The number of thiophene rings is 2. The average Bonchev–Trinajstić information content (AvgIpc) is 1.52. The fourth-order valence-electron chi connectivity index (χ4n) is 19.2. The molecular weight excluding hydrogens is 1160 g/mol. The van der Waals surface area contributed by atoms with Crippen molar-refractivity contribution in [1.82, 2.24) is 0 Å². The second-order valence-electron chi connectivity index (χ2n) is 30.0. The lowest BCUT2D eigenvalue weighted by Crippen LogP contribution is -2.33. The summed E-state index contributed by atoms with van der Waals surface area (Å²) in [6.45, 7) is 19.7. The van der Waals surface area contributed by atoms with Crippen LogP contribution in [0, 0.1) is 5.41 Å². The molecule has 0 radical (unpaired) electrons. The first-order chi connectivity index (χ1) is 45.5. The van der Waals surface area contributed by atoms with Crippen molar-refractivity contribution >= 4 is 22.7 Å². The van der Waals surface area contributed by atoms with Gasteiger partial charge in [0, 0.05) is 41.2 Å². The van der Waals surface area contributed by atoms with Crippen molar-refractivity contribution in [3.8, 4) is 97.4 Å². The normalized spacial score (nSPS) is 18.6. The van der Waals surface area contributed by atoms with E-state index in [4.69, 9.17) is 0 Å². The predicted molar refractivity (Wildman–Crippen MR) is 404 cm³/mol. The van der Waals surface area contributed by atoms with E-state index in [-0.39, 0.29) is 27.1 Å². The van der Waals surface area contributed by atoms with Crippen LogP contribution in [-0.2, 0) is 21.7 Å². The summed E-state index contributed by atoms with van der Waals surface area (Å²) < 4.78 is 0. The van der Waals surface area contributed by atoms with Gasteiger partial charge in [0.15, 0.2) is 0 Å². The lowest BCUT2D eigenvalue weighted by molar-refractivity contribution is 0.245. The van der Waals surface area contributed by atoms with Crippen LogP contribution in [0.4, 0.5) is 0 Å². The molecule has 0 nitrogen and oxygen atoms in total. The van der Waals surface area contributed by atoms with Crippen LogP contribution in [0.15, 0.2) is 182 Å². The Hall–Kier alpha value is -6.84. The fraction of sp³-hybridized carbons (Fsp3) is 0.385. The van der Waals surface area contributed by atoms with Crippen LogP contribution in [0.3, 0.4) is 0 Å². The number of benzene rings is 8. The number of rotatable bonds is 23. The monoisotopic (exact) mass is 1250 g/mol. The standard InChI is InChI=1S/C91H98S2/c1-9-15-47-88(48-16-10-2)75-57-63(61-27-23-21-24-28-61)31-35-67(75)71-39-40-72-69-37-33-65(59-77(69)89(49-17-11-3,50-18-12-4)84(72)83(71)88)79-43-45-81(92-79)82-46-44-80(93-82)66-34-38-70-74-42-41-73-68-36-32-64(62-29-25-22-26-30-62)58-76(68)90(51-19-13-5)55-53-87(7,8)54-56-91(52-20-14-6,78(70)60-66)86(74)85(73)90/h21-46,57-60H,9-20,47-56H2,1-8H3. The molecule has 0 aliphatic heterocycles. The van der Waals surface area contributed by atoms with Crippen LogP contribution in [0.25, 0.3) is 97.4 Å². The second-order valence-corrected chi connectivity index (χ2v) is 32.2. The Morgan fingerprint density at radius 2 is 0.570 bits per heavy atom. The van der Waals surface area contributed by atoms with Crippen molar-refractivity contribution in [2.45, 2.75) is 218 Å². The van der Waals surface area contributed by atoms with E-state index in [0.717, 1.165) is 0 Å². The first-order valence-corrected chi connectivity index (χ1v) is 38.4. The van der Waals surface area contributed by atoms with E-state index in [1.54, 1.807) is 44.5 Å². The Bertz CT molecular complexity index is 4390. The molecule has 2 atom stereocenters. The Labute approximate surface area is 566 Å². The van der Waals surface area contributed by atoms with Crippen LogP contribution in [0.2, 0.25) is 0 Å². The highest BCUT2D eigenvalue weighted by atomic mass is 32.1. The number of fused-ring (bicyclic) bond motifs is 13. The first kappa shape index (κ1) is 62.3. The third-order valence-corrected chi connectivity index (χ3v) is 26.5. The highest BCUT2D eigenvalue weighted by Crippen LogP contribution is 2.68. The molecule has 0 bridgehead atoms. The molecule has 0 saturated carbocycles. The second kappa shape index (κ2) is 25.1. The van der Waals surface area contributed by atoms with Crippen molar-refractivity contribution in [2.24, 2.45) is 5.41 Å². The van der Waals surface area contributed by atoms with Gasteiger partial charge in [0.1, 0.15) is 0 Å². The summed E-state index contributed by atoms with van der Waals surface area (Å²) in [4.78, 5) is 5.50. The Kier molecular flexibility index (Phi) is 16.8. The van der Waals surface area contributed by atoms with E-state index in [9.17, 15) is 0 Å². The van der Waals surface area contributed by atoms with Crippen LogP contribution >= 0.6 is 22.7 Å². The Balaban J connectivity index is 0.805. The fourth-order valence-corrected chi connectivity index (χ4v) is 21.3. The van der Waals surface area contributed by atoms with Gasteiger partial charge in [0.25, 0.3) is 0 Å². The number of hydrogen-bond donors (Lipinski definition) is 0. The Morgan fingerprint density at radius 1 is 0.269 bits per heavy atom. The van der Waals surface area contributed by atoms with Crippen LogP contribution in [0.5, 0.6) is 0 Å². The van der Waals surface area contributed by atoms with E-state index in [1.807, 2.05) is 22.7 Å². The van der Waals surface area contributed by atoms with Gasteiger partial charge in [-0.15, -0.1) is 22.7 Å². The summed E-state index contributed by atoms with van der Waals surface area (Å²) in [6.07, 6.45) is 26.7. The van der Waals surface area contributed by atoms with E-state index in [2.05, 4.69) is 237 Å². The van der Waals surface area contributed by atoms with Gasteiger partial charge < -0.3 is 0 Å². The average molecular weight is 1260 g/mol. The van der Waals surface area contributed by atoms with Gasteiger partial charge in [-0.3, -0.25) is 0 Å². The zero-order valence-electron chi connectivity index (χ0n) is 57.2. The molecule has 0 fully saturated rings. The molecule has 5 aliphatic carbocycles. The maximum absolute atomic E-state index is 2.71. The molecule has 2 aromatic heterocycles. The van der Waals surface area contributed by atoms with Crippen LogP contribution in [0.1, 0.15) is 241 Å². The molecule has 2 heterocycles. The minimum atomic E-state index is -0.0547. The van der Waals surface area contributed by atoms with Crippen molar-refractivity contribution in [3.05, 3.63) is 226 Å². The molecule has 5 aliphatic rings. The van der Waals surface area contributed by atoms with E-state index >= 15 is 0 Å². The largest absolute Gasteiger partial charge is 0.134 e. The summed E-state index contributed by atoms with van der Waals surface area (Å²) in [5.41, 5.74) is 33.3. The van der Waals surface area contributed by atoms with Gasteiger partial charge in [-0.1, -0.05) is 266 Å². The third kappa shape index (κ3) is 10.1. The summed E-state index contributed by atoms with van der Waals surface area (Å²) in [7, 11) is 0. The lowest BCUT2D eigenvalue weighted by Gasteiger charge is -2.40. The maximum Gasteiger partial charge on any atom is 0.0449 e. The molecule has 0 saturated heterocycles. The molecule has 10 aromatic rings. The quantitative estimate of drug-likeness (QED) is 0.0599. The van der Waals surface area contributed by atoms with Crippen molar-refractivity contribution in [2.75, 3.05) is 0 Å².